The summed E-state index contributed by atoms with van der Waals surface area (Å²) < 4.78 is 11.2. The Balaban J connectivity index is 1.95. The molecule has 0 saturated carbocycles. The van der Waals surface area contributed by atoms with Crippen molar-refractivity contribution in [2.45, 2.75) is 20.3 Å². The van der Waals surface area contributed by atoms with Crippen molar-refractivity contribution in [1.29, 1.82) is 0 Å². The molecule has 2 amide bonds. The Morgan fingerprint density at radius 1 is 1.04 bits per heavy atom. The lowest BCUT2D eigenvalue weighted by Crippen LogP contribution is -2.40. The van der Waals surface area contributed by atoms with Gasteiger partial charge in [-0.1, -0.05) is 30.7 Å². The third-order valence-electron chi connectivity index (χ3n) is 3.54. The molecule has 28 heavy (non-hydrogen) atoms. The minimum Gasteiger partial charge on any atom is -0.490 e. The third-order valence-corrected chi connectivity index (χ3v) is 3.78. The highest BCUT2D eigenvalue weighted by Gasteiger charge is 2.07. The van der Waals surface area contributed by atoms with E-state index in [0.717, 1.165) is 12.0 Å². The van der Waals surface area contributed by atoms with Crippen LogP contribution in [0.1, 0.15) is 36.2 Å². The molecular formula is C21H23ClN2O4. The number of halogens is 1. The molecule has 0 bridgehead atoms. The number of carbonyl (C=O) groups is 2. The number of nitrogens with one attached hydrogen (secondary N) is 2. The SMILES string of the molecule is CCCOc1ccc(/C=C/C(=O)NNC(=O)c2cccc(Cl)c2)cc1OCC. The summed E-state index contributed by atoms with van der Waals surface area (Å²) >= 11 is 5.85. The van der Waals surface area contributed by atoms with Gasteiger partial charge in [0.05, 0.1) is 13.2 Å². The molecular weight excluding hydrogens is 380 g/mol. The van der Waals surface area contributed by atoms with Crippen LogP contribution in [0, 0.1) is 0 Å². The second kappa shape index (κ2) is 11.0. The fraction of sp³-hybridized carbons (Fsp3) is 0.238. The molecule has 0 aliphatic rings. The lowest BCUT2D eigenvalue weighted by Gasteiger charge is -2.12. The Bertz CT molecular complexity index is 852. The first-order valence-corrected chi connectivity index (χ1v) is 9.35. The zero-order chi connectivity index (χ0) is 20.4. The van der Waals surface area contributed by atoms with Crippen LogP contribution >= 0.6 is 11.6 Å². The van der Waals surface area contributed by atoms with E-state index in [1.807, 2.05) is 19.9 Å². The first-order valence-electron chi connectivity index (χ1n) is 8.97. The lowest BCUT2D eigenvalue weighted by atomic mass is 10.2. The molecule has 6 nitrogen and oxygen atoms in total. The lowest BCUT2D eigenvalue weighted by molar-refractivity contribution is -0.117. The van der Waals surface area contributed by atoms with Crippen LogP contribution in [0.25, 0.3) is 6.08 Å². The van der Waals surface area contributed by atoms with E-state index in [-0.39, 0.29) is 0 Å². The molecule has 0 aromatic heterocycles. The van der Waals surface area contributed by atoms with Gasteiger partial charge in [0.15, 0.2) is 11.5 Å². The van der Waals surface area contributed by atoms with E-state index < -0.39 is 11.8 Å². The summed E-state index contributed by atoms with van der Waals surface area (Å²) in [6.07, 6.45) is 3.83. The number of rotatable bonds is 8. The predicted molar refractivity (Wildman–Crippen MR) is 109 cm³/mol. The molecule has 0 atom stereocenters. The summed E-state index contributed by atoms with van der Waals surface area (Å²) in [6, 6.07) is 11.8. The van der Waals surface area contributed by atoms with Crippen molar-refractivity contribution in [3.8, 4) is 11.5 Å². The van der Waals surface area contributed by atoms with Crippen molar-refractivity contribution in [2.75, 3.05) is 13.2 Å². The van der Waals surface area contributed by atoms with Crippen LogP contribution in [-0.2, 0) is 4.79 Å². The Labute approximate surface area is 169 Å². The standard InChI is InChI=1S/C21H23ClN2O4/c1-3-12-28-18-10-8-15(13-19(18)27-4-2)9-11-20(25)23-24-21(26)16-6-5-7-17(22)14-16/h5-11,13-14H,3-4,12H2,1-2H3,(H,23,25)(H,24,26)/b11-9+. The van der Waals surface area contributed by atoms with Gasteiger partial charge in [-0.3, -0.25) is 20.4 Å². The van der Waals surface area contributed by atoms with Gasteiger partial charge in [-0.15, -0.1) is 0 Å². The highest BCUT2D eigenvalue weighted by Crippen LogP contribution is 2.29. The Hall–Kier alpha value is -2.99. The average molecular weight is 403 g/mol. The van der Waals surface area contributed by atoms with Crippen molar-refractivity contribution < 1.29 is 19.1 Å². The Morgan fingerprint density at radius 3 is 2.57 bits per heavy atom. The van der Waals surface area contributed by atoms with Crippen LogP contribution in [0.15, 0.2) is 48.5 Å². The molecule has 2 aromatic rings. The fourth-order valence-corrected chi connectivity index (χ4v) is 2.45. The van der Waals surface area contributed by atoms with Crippen LogP contribution in [0.3, 0.4) is 0 Å². The zero-order valence-corrected chi connectivity index (χ0v) is 16.6. The van der Waals surface area contributed by atoms with E-state index in [2.05, 4.69) is 10.9 Å². The maximum Gasteiger partial charge on any atom is 0.269 e. The summed E-state index contributed by atoms with van der Waals surface area (Å²) in [6.45, 7) is 5.03. The number of hydrazine groups is 1. The van der Waals surface area contributed by atoms with Crippen molar-refractivity contribution >= 4 is 29.5 Å². The Kier molecular flexibility index (Phi) is 8.37. The summed E-state index contributed by atoms with van der Waals surface area (Å²) in [5.41, 5.74) is 5.77. The minimum absolute atomic E-state index is 0.348. The highest BCUT2D eigenvalue weighted by atomic mass is 35.5. The van der Waals surface area contributed by atoms with E-state index in [1.54, 1.807) is 36.4 Å². The second-order valence-corrected chi connectivity index (χ2v) is 6.21. The largest absolute Gasteiger partial charge is 0.490 e. The monoisotopic (exact) mass is 402 g/mol. The second-order valence-electron chi connectivity index (χ2n) is 5.77. The normalized spacial score (nSPS) is 10.5. The molecule has 2 N–H and O–H groups in total. The first kappa shape index (κ1) is 21.3. The summed E-state index contributed by atoms with van der Waals surface area (Å²) in [4.78, 5) is 23.9. The summed E-state index contributed by atoms with van der Waals surface area (Å²) in [5.74, 6) is 0.354. The molecule has 0 saturated heterocycles. The van der Waals surface area contributed by atoms with Crippen molar-refractivity contribution in [1.82, 2.24) is 10.9 Å². The molecule has 0 spiro atoms. The highest BCUT2D eigenvalue weighted by molar-refractivity contribution is 6.30. The van der Waals surface area contributed by atoms with Crippen molar-refractivity contribution in [3.63, 3.8) is 0 Å². The summed E-state index contributed by atoms with van der Waals surface area (Å²) in [5, 5.41) is 0.440. The number of carbonyl (C=O) groups excluding carboxylic acids is 2. The van der Waals surface area contributed by atoms with Gasteiger partial charge in [-0.05, 0) is 55.3 Å². The predicted octanol–water partition coefficient (Wildman–Crippen LogP) is 4.00. The third kappa shape index (κ3) is 6.63. The van der Waals surface area contributed by atoms with Crippen LogP contribution in [-0.4, -0.2) is 25.0 Å². The molecule has 7 heteroatoms. The molecule has 0 aliphatic carbocycles. The molecule has 0 fully saturated rings. The molecule has 2 rings (SSSR count). The van der Waals surface area contributed by atoms with Crippen LogP contribution < -0.4 is 20.3 Å². The van der Waals surface area contributed by atoms with E-state index in [4.69, 9.17) is 21.1 Å². The molecule has 0 unspecified atom stereocenters. The van der Waals surface area contributed by atoms with Crippen molar-refractivity contribution in [3.05, 3.63) is 64.7 Å². The van der Waals surface area contributed by atoms with Gasteiger partial charge in [0.25, 0.3) is 11.8 Å². The van der Waals surface area contributed by atoms with Gasteiger partial charge in [0.1, 0.15) is 0 Å². The maximum atomic E-state index is 12.0. The number of ether oxygens (including phenoxy) is 2. The number of amides is 2. The number of hydrogen-bond acceptors (Lipinski definition) is 4. The zero-order valence-electron chi connectivity index (χ0n) is 15.8. The summed E-state index contributed by atoms with van der Waals surface area (Å²) in [7, 11) is 0. The van der Waals surface area contributed by atoms with Crippen LogP contribution in [0.2, 0.25) is 5.02 Å². The fourth-order valence-electron chi connectivity index (χ4n) is 2.26. The smallest absolute Gasteiger partial charge is 0.269 e. The number of hydrogen-bond donors (Lipinski definition) is 2. The first-order chi connectivity index (χ1) is 13.5. The van der Waals surface area contributed by atoms with Gasteiger partial charge in [0.2, 0.25) is 0 Å². The quantitative estimate of drug-likeness (QED) is 0.516. The molecule has 0 radical (unpaired) electrons. The van der Waals surface area contributed by atoms with E-state index in [9.17, 15) is 9.59 Å². The van der Waals surface area contributed by atoms with E-state index in [0.29, 0.717) is 35.3 Å². The van der Waals surface area contributed by atoms with Crippen LogP contribution in [0.5, 0.6) is 11.5 Å². The average Bonchev–Trinajstić information content (AvgIpc) is 2.70. The molecule has 2 aromatic carbocycles. The van der Waals surface area contributed by atoms with Crippen molar-refractivity contribution in [2.24, 2.45) is 0 Å². The van der Waals surface area contributed by atoms with Gasteiger partial charge in [-0.2, -0.15) is 0 Å². The Morgan fingerprint density at radius 2 is 1.86 bits per heavy atom. The topological polar surface area (TPSA) is 76.7 Å². The van der Waals surface area contributed by atoms with Gasteiger partial charge in [-0.25, -0.2) is 0 Å². The molecule has 0 aliphatic heterocycles. The van der Waals surface area contributed by atoms with Crippen LogP contribution in [0.4, 0.5) is 0 Å². The molecule has 148 valence electrons. The number of benzene rings is 2. The van der Waals surface area contributed by atoms with Gasteiger partial charge in [0, 0.05) is 16.7 Å². The maximum absolute atomic E-state index is 12.0. The van der Waals surface area contributed by atoms with E-state index in [1.165, 1.54) is 12.1 Å². The minimum atomic E-state index is -0.473. The van der Waals surface area contributed by atoms with Gasteiger partial charge >= 0.3 is 0 Å². The van der Waals surface area contributed by atoms with E-state index >= 15 is 0 Å². The van der Waals surface area contributed by atoms with Gasteiger partial charge < -0.3 is 9.47 Å². The molecule has 0 heterocycles.